The summed E-state index contributed by atoms with van der Waals surface area (Å²) in [6.07, 6.45) is 11.9. The topological polar surface area (TPSA) is 63.3 Å². The molecule has 0 unspecified atom stereocenters. The van der Waals surface area contributed by atoms with Gasteiger partial charge in [-0.25, -0.2) is 4.79 Å². The highest BCUT2D eigenvalue weighted by Crippen LogP contribution is 2.27. The standard InChI is InChI=1S/C10H20.C5H5NO2S/c1-2-3-7-10-8-5-4-6-9-10;6-4-3(5(7)8)1-2-9-4/h10H,2-9H2,1H3;1-2H,6H2,(H,7,8). The molecule has 3 N–H and O–H groups in total. The van der Waals surface area contributed by atoms with Crippen LogP contribution in [0.2, 0.25) is 0 Å². The van der Waals surface area contributed by atoms with Gasteiger partial charge in [0, 0.05) is 0 Å². The number of nitrogens with two attached hydrogens (primary N) is 1. The molecule has 108 valence electrons. The molecule has 1 aromatic rings. The van der Waals surface area contributed by atoms with Crippen molar-refractivity contribution < 1.29 is 9.90 Å². The number of unbranched alkanes of at least 4 members (excludes halogenated alkanes) is 1. The number of anilines is 1. The van der Waals surface area contributed by atoms with Crippen molar-refractivity contribution in [3.8, 4) is 0 Å². The van der Waals surface area contributed by atoms with Crippen molar-refractivity contribution in [3.63, 3.8) is 0 Å². The third kappa shape index (κ3) is 6.10. The lowest BCUT2D eigenvalue weighted by Gasteiger charge is -2.20. The van der Waals surface area contributed by atoms with E-state index in [1.165, 1.54) is 68.8 Å². The first-order valence-electron chi connectivity index (χ1n) is 7.21. The molecule has 19 heavy (non-hydrogen) atoms. The lowest BCUT2D eigenvalue weighted by molar-refractivity contribution is 0.0698. The fraction of sp³-hybridized carbons (Fsp3) is 0.667. The SMILES string of the molecule is CCCCC1CCCCC1.Nc1sccc1C(=O)O. The minimum absolute atomic E-state index is 0.194. The molecule has 0 radical (unpaired) electrons. The van der Waals surface area contributed by atoms with Crippen molar-refractivity contribution in [2.45, 2.75) is 58.3 Å². The number of carboxylic acids is 1. The van der Waals surface area contributed by atoms with E-state index in [2.05, 4.69) is 6.92 Å². The Morgan fingerprint density at radius 1 is 1.42 bits per heavy atom. The molecule has 0 aliphatic heterocycles. The van der Waals surface area contributed by atoms with Crippen LogP contribution in [0.4, 0.5) is 5.00 Å². The van der Waals surface area contributed by atoms with Gasteiger partial charge in [0.1, 0.15) is 5.00 Å². The molecule has 0 spiro atoms. The van der Waals surface area contributed by atoms with E-state index in [1.54, 1.807) is 5.38 Å². The van der Waals surface area contributed by atoms with Crippen LogP contribution in [-0.4, -0.2) is 11.1 Å². The molecule has 0 saturated heterocycles. The van der Waals surface area contributed by atoms with E-state index in [9.17, 15) is 4.79 Å². The monoisotopic (exact) mass is 283 g/mol. The predicted molar refractivity (Wildman–Crippen MR) is 81.8 cm³/mol. The van der Waals surface area contributed by atoms with Gasteiger partial charge in [0.15, 0.2) is 0 Å². The number of nitrogen functional groups attached to an aromatic ring is 1. The smallest absolute Gasteiger partial charge is 0.338 e. The molecule has 1 fully saturated rings. The van der Waals surface area contributed by atoms with Crippen LogP contribution in [0.5, 0.6) is 0 Å². The summed E-state index contributed by atoms with van der Waals surface area (Å²) >= 11 is 1.23. The van der Waals surface area contributed by atoms with E-state index < -0.39 is 5.97 Å². The molecule has 1 aromatic heterocycles. The number of hydrogen-bond donors (Lipinski definition) is 2. The average molecular weight is 283 g/mol. The van der Waals surface area contributed by atoms with E-state index in [4.69, 9.17) is 10.8 Å². The summed E-state index contributed by atoms with van der Waals surface area (Å²) in [4.78, 5) is 10.2. The van der Waals surface area contributed by atoms with Gasteiger partial charge in [-0.1, -0.05) is 58.3 Å². The van der Waals surface area contributed by atoms with Crippen molar-refractivity contribution in [2.75, 3.05) is 5.73 Å². The predicted octanol–water partition coefficient (Wildman–Crippen LogP) is 4.79. The van der Waals surface area contributed by atoms with Crippen LogP contribution in [0.3, 0.4) is 0 Å². The molecule has 1 aliphatic rings. The molecule has 1 heterocycles. The Morgan fingerprint density at radius 3 is 2.53 bits per heavy atom. The van der Waals surface area contributed by atoms with E-state index in [0.29, 0.717) is 5.00 Å². The van der Waals surface area contributed by atoms with Crippen LogP contribution in [-0.2, 0) is 0 Å². The Kier molecular flexibility index (Phi) is 7.56. The third-order valence-corrected chi connectivity index (χ3v) is 4.36. The molecule has 3 nitrogen and oxygen atoms in total. The first kappa shape index (κ1) is 16.0. The number of aromatic carboxylic acids is 1. The second-order valence-electron chi connectivity index (χ2n) is 5.15. The Labute approximate surface area is 119 Å². The van der Waals surface area contributed by atoms with E-state index in [-0.39, 0.29) is 5.56 Å². The number of thiophene rings is 1. The molecule has 0 amide bonds. The summed E-state index contributed by atoms with van der Waals surface area (Å²) in [6, 6.07) is 1.49. The molecular formula is C15H25NO2S. The molecule has 0 aromatic carbocycles. The zero-order valence-electron chi connectivity index (χ0n) is 11.7. The van der Waals surface area contributed by atoms with Crippen molar-refractivity contribution >= 4 is 22.3 Å². The van der Waals surface area contributed by atoms with Gasteiger partial charge in [0.2, 0.25) is 0 Å². The highest BCUT2D eigenvalue weighted by Gasteiger charge is 2.11. The lowest BCUT2D eigenvalue weighted by atomic mass is 9.86. The number of carboxylic acid groups (broad SMARTS) is 1. The zero-order valence-corrected chi connectivity index (χ0v) is 12.5. The first-order valence-corrected chi connectivity index (χ1v) is 8.09. The number of hydrogen-bond acceptors (Lipinski definition) is 3. The normalized spacial score (nSPS) is 15.6. The molecular weight excluding hydrogens is 258 g/mol. The summed E-state index contributed by atoms with van der Waals surface area (Å²) in [6.45, 7) is 2.29. The average Bonchev–Trinajstić information content (AvgIpc) is 2.85. The van der Waals surface area contributed by atoms with Gasteiger partial charge in [-0.15, -0.1) is 11.3 Å². The fourth-order valence-corrected chi connectivity index (χ4v) is 3.10. The fourth-order valence-electron chi connectivity index (χ4n) is 2.47. The van der Waals surface area contributed by atoms with Crippen molar-refractivity contribution in [3.05, 3.63) is 17.0 Å². The number of carbonyl (C=O) groups is 1. The van der Waals surface area contributed by atoms with Gasteiger partial charge in [-0.3, -0.25) is 0 Å². The second kappa shape index (κ2) is 8.97. The summed E-state index contributed by atoms with van der Waals surface area (Å²) in [5.74, 6) is 0.141. The van der Waals surface area contributed by atoms with Crippen molar-refractivity contribution in [2.24, 2.45) is 5.92 Å². The van der Waals surface area contributed by atoms with Gasteiger partial charge in [-0.05, 0) is 17.4 Å². The highest BCUT2D eigenvalue weighted by atomic mass is 32.1. The largest absolute Gasteiger partial charge is 0.478 e. The van der Waals surface area contributed by atoms with Gasteiger partial charge in [0.25, 0.3) is 0 Å². The molecule has 2 rings (SSSR count). The molecule has 0 atom stereocenters. The minimum Gasteiger partial charge on any atom is -0.478 e. The lowest BCUT2D eigenvalue weighted by Crippen LogP contribution is -2.05. The van der Waals surface area contributed by atoms with Gasteiger partial charge >= 0.3 is 5.97 Å². The van der Waals surface area contributed by atoms with Crippen LogP contribution in [0.1, 0.15) is 68.6 Å². The minimum atomic E-state index is -0.964. The summed E-state index contributed by atoms with van der Waals surface area (Å²) in [7, 11) is 0. The number of rotatable bonds is 4. The zero-order chi connectivity index (χ0) is 14.1. The van der Waals surface area contributed by atoms with Crippen LogP contribution >= 0.6 is 11.3 Å². The van der Waals surface area contributed by atoms with Crippen LogP contribution in [0.15, 0.2) is 11.4 Å². The second-order valence-corrected chi connectivity index (χ2v) is 6.10. The van der Waals surface area contributed by atoms with Crippen molar-refractivity contribution in [1.82, 2.24) is 0 Å². The van der Waals surface area contributed by atoms with Gasteiger partial charge in [-0.2, -0.15) is 0 Å². The Bertz CT molecular complexity index is 370. The van der Waals surface area contributed by atoms with Crippen LogP contribution < -0.4 is 5.73 Å². The molecule has 1 aliphatic carbocycles. The molecule has 0 bridgehead atoms. The summed E-state index contributed by atoms with van der Waals surface area (Å²) in [5, 5.41) is 10.4. The van der Waals surface area contributed by atoms with E-state index in [0.717, 1.165) is 5.92 Å². The van der Waals surface area contributed by atoms with Crippen LogP contribution in [0, 0.1) is 5.92 Å². The molecule has 4 heteroatoms. The Hall–Kier alpha value is -1.03. The maximum absolute atomic E-state index is 10.2. The molecule has 1 saturated carbocycles. The van der Waals surface area contributed by atoms with Gasteiger partial charge in [0.05, 0.1) is 5.56 Å². The quantitative estimate of drug-likeness (QED) is 0.835. The Balaban J connectivity index is 0.000000191. The van der Waals surface area contributed by atoms with Crippen molar-refractivity contribution in [1.29, 1.82) is 0 Å². The highest BCUT2D eigenvalue weighted by molar-refractivity contribution is 7.14. The summed E-state index contributed by atoms with van der Waals surface area (Å²) in [5.41, 5.74) is 5.47. The Morgan fingerprint density at radius 2 is 2.11 bits per heavy atom. The van der Waals surface area contributed by atoms with E-state index in [1.807, 2.05) is 0 Å². The summed E-state index contributed by atoms with van der Waals surface area (Å²) < 4.78 is 0. The maximum Gasteiger partial charge on any atom is 0.338 e. The van der Waals surface area contributed by atoms with Gasteiger partial charge < -0.3 is 10.8 Å². The maximum atomic E-state index is 10.2. The van der Waals surface area contributed by atoms with Crippen LogP contribution in [0.25, 0.3) is 0 Å². The first-order chi connectivity index (χ1) is 9.15. The third-order valence-electron chi connectivity index (χ3n) is 3.62. The van der Waals surface area contributed by atoms with E-state index >= 15 is 0 Å².